The zero-order chi connectivity index (χ0) is 22.9. The van der Waals surface area contributed by atoms with Crippen LogP contribution in [0.1, 0.15) is 30.1 Å². The number of sulfonamides is 1. The smallest absolute Gasteiger partial charge is 0.309 e. The molecule has 1 N–H and O–H groups in total. The SMILES string of the molecule is C[C@@H](OC(=O)C1CCN(S(=O)(=O)c2ccc(Cl)cc2)CC1)C(=O)c1c[nH]c2ccccc12. The average Bonchev–Trinajstić information content (AvgIpc) is 3.23. The maximum Gasteiger partial charge on any atom is 0.309 e. The number of carbonyl (C=O) groups excluding carboxylic acids is 2. The first kappa shape index (κ1) is 22.5. The molecule has 0 spiro atoms. The van der Waals surface area contributed by atoms with Gasteiger partial charge in [0.25, 0.3) is 0 Å². The fourth-order valence-electron chi connectivity index (χ4n) is 3.91. The molecule has 3 aromatic rings. The van der Waals surface area contributed by atoms with Crippen LogP contribution in [-0.2, 0) is 19.6 Å². The first-order chi connectivity index (χ1) is 15.3. The number of piperidine rings is 1. The van der Waals surface area contributed by atoms with E-state index >= 15 is 0 Å². The summed E-state index contributed by atoms with van der Waals surface area (Å²) in [6.45, 7) is 1.97. The minimum atomic E-state index is -3.65. The highest BCUT2D eigenvalue weighted by atomic mass is 35.5. The van der Waals surface area contributed by atoms with Gasteiger partial charge in [-0.1, -0.05) is 29.8 Å². The van der Waals surface area contributed by atoms with E-state index in [0.717, 1.165) is 10.9 Å². The number of fused-ring (bicyclic) bond motifs is 1. The van der Waals surface area contributed by atoms with Gasteiger partial charge in [-0.25, -0.2) is 8.42 Å². The monoisotopic (exact) mass is 474 g/mol. The van der Waals surface area contributed by atoms with Gasteiger partial charge in [-0.05, 0) is 50.1 Å². The molecule has 0 unspecified atom stereocenters. The number of carbonyl (C=O) groups is 2. The number of nitrogens with zero attached hydrogens (tertiary/aromatic N) is 1. The number of H-pyrrole nitrogens is 1. The minimum Gasteiger partial charge on any atom is -0.454 e. The van der Waals surface area contributed by atoms with Crippen LogP contribution in [0, 0.1) is 5.92 Å². The van der Waals surface area contributed by atoms with Crippen molar-refractivity contribution in [3.63, 3.8) is 0 Å². The molecule has 4 rings (SSSR count). The Morgan fingerprint density at radius 1 is 1.09 bits per heavy atom. The number of para-hydroxylation sites is 1. The number of Topliss-reactive ketones (excluding diaryl/α,β-unsaturated/α-hetero) is 1. The molecule has 1 aliphatic rings. The second-order valence-electron chi connectivity index (χ2n) is 7.82. The Morgan fingerprint density at radius 2 is 1.75 bits per heavy atom. The third kappa shape index (κ3) is 4.44. The van der Waals surface area contributed by atoms with Crippen molar-refractivity contribution in [2.75, 3.05) is 13.1 Å². The van der Waals surface area contributed by atoms with Gasteiger partial charge >= 0.3 is 5.97 Å². The standard InChI is InChI=1S/C23H23ClN2O5S/c1-15(22(27)20-14-25-21-5-3-2-4-19(20)21)31-23(28)16-10-12-26(13-11-16)32(29,30)18-8-6-17(24)7-9-18/h2-9,14-16,25H,10-13H2,1H3/t15-/m1/s1. The van der Waals surface area contributed by atoms with E-state index in [1.165, 1.54) is 28.6 Å². The molecule has 1 atom stereocenters. The average molecular weight is 475 g/mol. The third-order valence-electron chi connectivity index (χ3n) is 5.76. The zero-order valence-electron chi connectivity index (χ0n) is 17.5. The quantitative estimate of drug-likeness (QED) is 0.429. The number of esters is 1. The lowest BCUT2D eigenvalue weighted by atomic mass is 9.98. The molecule has 1 saturated heterocycles. The van der Waals surface area contributed by atoms with Gasteiger partial charge in [-0.15, -0.1) is 0 Å². The highest BCUT2D eigenvalue weighted by molar-refractivity contribution is 7.89. The molecule has 7 nitrogen and oxygen atoms in total. The van der Waals surface area contributed by atoms with E-state index in [1.54, 1.807) is 13.1 Å². The van der Waals surface area contributed by atoms with Crippen molar-refractivity contribution in [3.8, 4) is 0 Å². The van der Waals surface area contributed by atoms with E-state index in [9.17, 15) is 18.0 Å². The minimum absolute atomic E-state index is 0.167. The number of ketones is 1. The highest BCUT2D eigenvalue weighted by Gasteiger charge is 2.34. The highest BCUT2D eigenvalue weighted by Crippen LogP contribution is 2.26. The zero-order valence-corrected chi connectivity index (χ0v) is 19.0. The molecule has 2 aromatic carbocycles. The summed E-state index contributed by atoms with van der Waals surface area (Å²) < 4.78 is 32.4. The third-order valence-corrected chi connectivity index (χ3v) is 7.92. The van der Waals surface area contributed by atoms with Crippen molar-refractivity contribution in [2.24, 2.45) is 5.92 Å². The first-order valence-corrected chi connectivity index (χ1v) is 12.2. The fraction of sp³-hybridized carbons (Fsp3) is 0.304. The Labute approximate surface area is 191 Å². The summed E-state index contributed by atoms with van der Waals surface area (Å²) in [4.78, 5) is 28.7. The van der Waals surface area contributed by atoms with Crippen molar-refractivity contribution < 1.29 is 22.7 Å². The molecule has 32 heavy (non-hydrogen) atoms. The molecule has 1 aliphatic heterocycles. The Morgan fingerprint density at radius 3 is 2.44 bits per heavy atom. The van der Waals surface area contributed by atoms with Crippen LogP contribution in [0.3, 0.4) is 0 Å². The number of halogens is 1. The molecule has 1 aromatic heterocycles. The van der Waals surface area contributed by atoms with Gasteiger partial charge in [-0.2, -0.15) is 4.31 Å². The molecule has 9 heteroatoms. The maximum atomic E-state index is 12.8. The molecule has 168 valence electrons. The molecule has 2 heterocycles. The Balaban J connectivity index is 1.36. The molecular formula is C23H23ClN2O5S. The number of hydrogen-bond acceptors (Lipinski definition) is 5. The van der Waals surface area contributed by atoms with Crippen molar-refractivity contribution >= 4 is 44.3 Å². The van der Waals surface area contributed by atoms with Crippen LogP contribution >= 0.6 is 11.6 Å². The molecule has 0 saturated carbocycles. The number of hydrogen-bond donors (Lipinski definition) is 1. The van der Waals surface area contributed by atoms with Crippen LogP contribution in [0.25, 0.3) is 10.9 Å². The number of benzene rings is 2. The van der Waals surface area contributed by atoms with Crippen LogP contribution in [0.2, 0.25) is 5.02 Å². The summed E-state index contributed by atoms with van der Waals surface area (Å²) >= 11 is 5.84. The lowest BCUT2D eigenvalue weighted by Gasteiger charge is -2.30. The maximum absolute atomic E-state index is 12.8. The van der Waals surface area contributed by atoms with Crippen LogP contribution in [0.5, 0.6) is 0 Å². The van der Waals surface area contributed by atoms with Gasteiger partial charge in [0.2, 0.25) is 15.8 Å². The van der Waals surface area contributed by atoms with Crippen molar-refractivity contribution in [1.29, 1.82) is 0 Å². The van der Waals surface area contributed by atoms with Gasteiger partial charge in [0.15, 0.2) is 6.10 Å². The molecule has 1 fully saturated rings. The lowest BCUT2D eigenvalue weighted by molar-refractivity contribution is -0.152. The van der Waals surface area contributed by atoms with Crippen LogP contribution < -0.4 is 0 Å². The van der Waals surface area contributed by atoms with Gasteiger partial charge in [0.05, 0.1) is 10.8 Å². The first-order valence-electron chi connectivity index (χ1n) is 10.3. The predicted molar refractivity (Wildman–Crippen MR) is 121 cm³/mol. The predicted octanol–water partition coefficient (Wildman–Crippen LogP) is 4.04. The van der Waals surface area contributed by atoms with E-state index in [2.05, 4.69) is 4.98 Å². The number of nitrogens with one attached hydrogen (secondary N) is 1. The Kier molecular flexibility index (Phi) is 6.37. The summed E-state index contributed by atoms with van der Waals surface area (Å²) in [7, 11) is -3.65. The van der Waals surface area contributed by atoms with Crippen LogP contribution in [0.4, 0.5) is 0 Å². The molecule has 0 bridgehead atoms. The van der Waals surface area contributed by atoms with Crippen molar-refractivity contribution in [3.05, 3.63) is 65.3 Å². The Hall–Kier alpha value is -2.68. The lowest BCUT2D eigenvalue weighted by Crippen LogP contribution is -2.41. The van der Waals surface area contributed by atoms with E-state index in [-0.39, 0.29) is 23.8 Å². The van der Waals surface area contributed by atoms with Crippen molar-refractivity contribution in [1.82, 2.24) is 9.29 Å². The molecule has 0 amide bonds. The van der Waals surface area contributed by atoms with Gasteiger partial charge in [0, 0.05) is 40.8 Å². The van der Waals surface area contributed by atoms with E-state index < -0.39 is 28.0 Å². The number of aromatic amines is 1. The van der Waals surface area contributed by atoms with Crippen molar-refractivity contribution in [2.45, 2.75) is 30.8 Å². The summed E-state index contributed by atoms with van der Waals surface area (Å²) in [5.41, 5.74) is 1.31. The summed E-state index contributed by atoms with van der Waals surface area (Å²) in [5.74, 6) is -1.21. The van der Waals surface area contributed by atoms with E-state index in [1.807, 2.05) is 24.3 Å². The van der Waals surface area contributed by atoms with Gasteiger partial charge < -0.3 is 9.72 Å². The number of ether oxygens (including phenoxy) is 1. The molecule has 0 aliphatic carbocycles. The number of aromatic nitrogens is 1. The number of rotatable bonds is 6. The van der Waals surface area contributed by atoms with Crippen LogP contribution in [-0.4, -0.2) is 48.7 Å². The largest absolute Gasteiger partial charge is 0.454 e. The normalized spacial score (nSPS) is 16.7. The second kappa shape index (κ2) is 9.05. The van der Waals surface area contributed by atoms with Crippen LogP contribution in [0.15, 0.2) is 59.6 Å². The van der Waals surface area contributed by atoms with E-state index in [4.69, 9.17) is 16.3 Å². The molecule has 0 radical (unpaired) electrons. The second-order valence-corrected chi connectivity index (χ2v) is 10.2. The van der Waals surface area contributed by atoms with Gasteiger partial charge in [-0.3, -0.25) is 9.59 Å². The summed E-state index contributed by atoms with van der Waals surface area (Å²) in [5, 5.41) is 1.24. The molecular weight excluding hydrogens is 452 g/mol. The summed E-state index contributed by atoms with van der Waals surface area (Å²) in [6, 6.07) is 13.4. The fourth-order valence-corrected chi connectivity index (χ4v) is 5.50. The summed E-state index contributed by atoms with van der Waals surface area (Å²) in [6.07, 6.45) is 1.36. The van der Waals surface area contributed by atoms with E-state index in [0.29, 0.717) is 23.4 Å². The Bertz CT molecular complexity index is 1240. The topological polar surface area (TPSA) is 96.5 Å². The van der Waals surface area contributed by atoms with Gasteiger partial charge in [0.1, 0.15) is 0 Å².